The van der Waals surface area contributed by atoms with E-state index in [-0.39, 0.29) is 0 Å². The molecule has 0 aliphatic carbocycles. The lowest BCUT2D eigenvalue weighted by Gasteiger charge is -2.27. The lowest BCUT2D eigenvalue weighted by Crippen LogP contribution is -2.50. The maximum absolute atomic E-state index is 10.7. The van der Waals surface area contributed by atoms with Gasteiger partial charge in [0.15, 0.2) is 0 Å². The molecule has 0 radical (unpaired) electrons. The van der Waals surface area contributed by atoms with Gasteiger partial charge in [-0.3, -0.25) is 4.90 Å². The standard InChI is InChI=1S/C12H18N2O3/c1-14(2)11(15)10(13-12(16)17)8-9-6-4-3-5-7-9/h3-7,10-11,13,15H,8H2,1-2H3,(H,16,17)/t10-,11?/m0/s1. The molecule has 1 amide bonds. The van der Waals surface area contributed by atoms with Crippen molar-refractivity contribution in [2.75, 3.05) is 14.1 Å². The second kappa shape index (κ2) is 6.22. The van der Waals surface area contributed by atoms with Crippen molar-refractivity contribution in [3.8, 4) is 0 Å². The zero-order valence-corrected chi connectivity index (χ0v) is 10.00. The number of amides is 1. The Morgan fingerprint density at radius 3 is 2.41 bits per heavy atom. The number of hydrogen-bond acceptors (Lipinski definition) is 3. The quantitative estimate of drug-likeness (QED) is 0.662. The van der Waals surface area contributed by atoms with Crippen LogP contribution in [0, 0.1) is 0 Å². The lowest BCUT2D eigenvalue weighted by molar-refractivity contribution is 0.00846. The summed E-state index contributed by atoms with van der Waals surface area (Å²) in [6.45, 7) is 0. The highest BCUT2D eigenvalue weighted by molar-refractivity contribution is 5.65. The molecule has 94 valence electrons. The summed E-state index contributed by atoms with van der Waals surface area (Å²) in [5.74, 6) is 0. The van der Waals surface area contributed by atoms with Crippen LogP contribution in [0.5, 0.6) is 0 Å². The number of benzene rings is 1. The number of carboxylic acid groups (broad SMARTS) is 1. The minimum atomic E-state index is -1.13. The van der Waals surface area contributed by atoms with E-state index in [1.165, 1.54) is 0 Å². The van der Waals surface area contributed by atoms with E-state index in [0.29, 0.717) is 6.42 Å². The van der Waals surface area contributed by atoms with Crippen LogP contribution in [0.2, 0.25) is 0 Å². The molecule has 0 aromatic heterocycles. The SMILES string of the molecule is CN(C)C(O)[C@H](Cc1ccccc1)NC(=O)O. The van der Waals surface area contributed by atoms with Crippen LogP contribution in [0.3, 0.4) is 0 Å². The normalized spacial score (nSPS) is 14.4. The predicted octanol–water partition coefficient (Wildman–Crippen LogP) is 0.745. The molecule has 0 heterocycles. The van der Waals surface area contributed by atoms with Crippen LogP contribution in [-0.4, -0.2) is 47.6 Å². The molecule has 3 N–H and O–H groups in total. The second-order valence-electron chi connectivity index (χ2n) is 4.12. The fraction of sp³-hybridized carbons (Fsp3) is 0.417. The topological polar surface area (TPSA) is 72.8 Å². The molecule has 0 saturated carbocycles. The summed E-state index contributed by atoms with van der Waals surface area (Å²) in [6, 6.07) is 8.91. The number of carbonyl (C=O) groups is 1. The van der Waals surface area contributed by atoms with Gasteiger partial charge >= 0.3 is 6.09 Å². The van der Waals surface area contributed by atoms with Gasteiger partial charge in [0.1, 0.15) is 6.23 Å². The zero-order chi connectivity index (χ0) is 12.8. The Kier molecular flexibility index (Phi) is 4.93. The molecule has 17 heavy (non-hydrogen) atoms. The van der Waals surface area contributed by atoms with Gasteiger partial charge in [0.05, 0.1) is 6.04 Å². The smallest absolute Gasteiger partial charge is 0.405 e. The van der Waals surface area contributed by atoms with E-state index in [0.717, 1.165) is 5.56 Å². The summed E-state index contributed by atoms with van der Waals surface area (Å²) in [6.07, 6.45) is -1.54. The van der Waals surface area contributed by atoms with E-state index < -0.39 is 18.4 Å². The summed E-state index contributed by atoms with van der Waals surface area (Å²) >= 11 is 0. The van der Waals surface area contributed by atoms with Crippen LogP contribution in [0.25, 0.3) is 0 Å². The number of aliphatic hydroxyl groups excluding tert-OH is 1. The number of likely N-dealkylation sites (N-methyl/N-ethyl adjacent to an activating group) is 1. The van der Waals surface area contributed by atoms with Crippen molar-refractivity contribution < 1.29 is 15.0 Å². The minimum Gasteiger partial charge on any atom is -0.465 e. The third-order valence-electron chi connectivity index (χ3n) is 2.50. The van der Waals surface area contributed by atoms with E-state index in [2.05, 4.69) is 5.32 Å². The molecular formula is C12H18N2O3. The van der Waals surface area contributed by atoms with Crippen molar-refractivity contribution in [3.63, 3.8) is 0 Å². The van der Waals surface area contributed by atoms with E-state index in [1.807, 2.05) is 30.3 Å². The van der Waals surface area contributed by atoms with Gasteiger partial charge in [0.2, 0.25) is 0 Å². The third-order valence-corrected chi connectivity index (χ3v) is 2.50. The van der Waals surface area contributed by atoms with Gasteiger partial charge in [-0.2, -0.15) is 0 Å². The van der Waals surface area contributed by atoms with Gasteiger partial charge in [-0.15, -0.1) is 0 Å². The number of nitrogens with zero attached hydrogens (tertiary/aromatic N) is 1. The van der Waals surface area contributed by atoms with E-state index in [4.69, 9.17) is 5.11 Å². The Hall–Kier alpha value is -1.59. The molecule has 0 bridgehead atoms. The first-order valence-corrected chi connectivity index (χ1v) is 5.38. The molecule has 1 aromatic carbocycles. The van der Waals surface area contributed by atoms with Crippen molar-refractivity contribution >= 4 is 6.09 Å². The highest BCUT2D eigenvalue weighted by Crippen LogP contribution is 2.07. The van der Waals surface area contributed by atoms with Crippen LogP contribution < -0.4 is 5.32 Å². The second-order valence-corrected chi connectivity index (χ2v) is 4.12. The number of hydrogen-bond donors (Lipinski definition) is 3. The van der Waals surface area contributed by atoms with Crippen molar-refractivity contribution in [3.05, 3.63) is 35.9 Å². The molecule has 1 unspecified atom stereocenters. The highest BCUT2D eigenvalue weighted by Gasteiger charge is 2.22. The summed E-state index contributed by atoms with van der Waals surface area (Å²) in [7, 11) is 3.40. The predicted molar refractivity (Wildman–Crippen MR) is 64.8 cm³/mol. The highest BCUT2D eigenvalue weighted by atomic mass is 16.4. The first-order valence-electron chi connectivity index (χ1n) is 5.38. The van der Waals surface area contributed by atoms with Crippen LogP contribution in [-0.2, 0) is 6.42 Å². The lowest BCUT2D eigenvalue weighted by atomic mass is 10.0. The monoisotopic (exact) mass is 238 g/mol. The van der Waals surface area contributed by atoms with E-state index >= 15 is 0 Å². The van der Waals surface area contributed by atoms with Gasteiger partial charge in [-0.1, -0.05) is 30.3 Å². The molecule has 5 nitrogen and oxygen atoms in total. The summed E-state index contributed by atoms with van der Waals surface area (Å²) < 4.78 is 0. The molecule has 0 spiro atoms. The molecule has 0 saturated heterocycles. The molecule has 0 aliphatic rings. The van der Waals surface area contributed by atoms with Gasteiger partial charge in [0, 0.05) is 0 Å². The molecule has 0 aliphatic heterocycles. The Morgan fingerprint density at radius 2 is 1.94 bits per heavy atom. The van der Waals surface area contributed by atoms with Gasteiger partial charge < -0.3 is 15.5 Å². The summed E-state index contributed by atoms with van der Waals surface area (Å²) in [5.41, 5.74) is 0.979. The van der Waals surface area contributed by atoms with Gasteiger partial charge in [-0.05, 0) is 26.1 Å². The maximum atomic E-state index is 10.7. The van der Waals surface area contributed by atoms with Crippen molar-refractivity contribution in [1.29, 1.82) is 0 Å². The molecular weight excluding hydrogens is 220 g/mol. The van der Waals surface area contributed by atoms with Crippen LogP contribution >= 0.6 is 0 Å². The maximum Gasteiger partial charge on any atom is 0.405 e. The van der Waals surface area contributed by atoms with Crippen molar-refractivity contribution in [1.82, 2.24) is 10.2 Å². The fourth-order valence-electron chi connectivity index (χ4n) is 1.62. The Balaban J connectivity index is 2.73. The van der Waals surface area contributed by atoms with Gasteiger partial charge in [0.25, 0.3) is 0 Å². The average Bonchev–Trinajstić information content (AvgIpc) is 2.28. The third kappa shape index (κ3) is 4.42. The Labute approximate surface area is 101 Å². The van der Waals surface area contributed by atoms with Crippen LogP contribution in [0.15, 0.2) is 30.3 Å². The largest absolute Gasteiger partial charge is 0.465 e. The Bertz CT molecular complexity index is 354. The van der Waals surface area contributed by atoms with Crippen molar-refractivity contribution in [2.24, 2.45) is 0 Å². The zero-order valence-electron chi connectivity index (χ0n) is 10.00. The van der Waals surface area contributed by atoms with E-state index in [1.54, 1.807) is 19.0 Å². The number of rotatable bonds is 5. The average molecular weight is 238 g/mol. The summed E-state index contributed by atoms with van der Waals surface area (Å²) in [4.78, 5) is 12.3. The first kappa shape index (κ1) is 13.5. The number of nitrogens with one attached hydrogen (secondary N) is 1. The van der Waals surface area contributed by atoms with Crippen molar-refractivity contribution in [2.45, 2.75) is 18.7 Å². The molecule has 1 rings (SSSR count). The molecule has 1 aromatic rings. The Morgan fingerprint density at radius 1 is 1.35 bits per heavy atom. The summed E-state index contributed by atoms with van der Waals surface area (Å²) in [5, 5.41) is 21.0. The van der Waals surface area contributed by atoms with Gasteiger partial charge in [-0.25, -0.2) is 4.79 Å². The molecule has 5 heteroatoms. The molecule has 0 fully saturated rings. The molecule has 2 atom stereocenters. The van der Waals surface area contributed by atoms with E-state index in [9.17, 15) is 9.90 Å². The first-order chi connectivity index (χ1) is 8.00. The minimum absolute atomic E-state index is 0.451. The van der Waals surface area contributed by atoms with Crippen LogP contribution in [0.1, 0.15) is 5.56 Å². The fourth-order valence-corrected chi connectivity index (χ4v) is 1.62. The van der Waals surface area contributed by atoms with Crippen LogP contribution in [0.4, 0.5) is 4.79 Å². The number of aliphatic hydroxyl groups is 1.